The van der Waals surface area contributed by atoms with Crippen molar-refractivity contribution >= 4 is 50.7 Å². The zero-order valence-corrected chi connectivity index (χ0v) is 22.1. The third-order valence-electron chi connectivity index (χ3n) is 5.47. The van der Waals surface area contributed by atoms with E-state index in [1.54, 1.807) is 55.5 Å². The molecule has 2 aromatic rings. The molecule has 0 aliphatic carbocycles. The minimum Gasteiger partial charge on any atom is -0.352 e. The first-order valence-corrected chi connectivity index (χ1v) is 13.6. The fraction of sp³-hybridized carbons (Fsp3) is 0.417. The number of carbonyl (C=O) groups excluding carboxylic acids is 2. The van der Waals surface area contributed by atoms with Gasteiger partial charge in [0.05, 0.1) is 11.9 Å². The van der Waals surface area contributed by atoms with Crippen molar-refractivity contribution in [1.82, 2.24) is 10.2 Å². The van der Waals surface area contributed by atoms with E-state index in [4.69, 9.17) is 23.2 Å². The molecule has 0 saturated heterocycles. The maximum atomic E-state index is 13.6. The lowest BCUT2D eigenvalue weighted by molar-refractivity contribution is -0.140. The highest BCUT2D eigenvalue weighted by Crippen LogP contribution is 2.25. The van der Waals surface area contributed by atoms with Crippen LogP contribution in [0.25, 0.3) is 0 Å². The zero-order valence-electron chi connectivity index (χ0n) is 19.8. The van der Waals surface area contributed by atoms with Crippen molar-refractivity contribution in [3.8, 4) is 0 Å². The Morgan fingerprint density at radius 2 is 1.68 bits per heavy atom. The van der Waals surface area contributed by atoms with Crippen molar-refractivity contribution in [1.29, 1.82) is 0 Å². The van der Waals surface area contributed by atoms with Crippen LogP contribution in [0.15, 0.2) is 48.5 Å². The maximum Gasteiger partial charge on any atom is 0.244 e. The highest BCUT2D eigenvalue weighted by atomic mass is 35.5. The van der Waals surface area contributed by atoms with Crippen LogP contribution in [0.5, 0.6) is 0 Å². The standard InChI is InChI=1S/C24H31Cl2N3O4S/c1-5-17(3)27-24(31)22(6-2)28(15-18-12-13-19(25)14-21(18)26)23(30)16-29(34(4,32)33)20-10-8-7-9-11-20/h7-14,17,22H,5-6,15-16H2,1-4H3,(H,27,31)/t17-,22-/m0/s1. The summed E-state index contributed by atoms with van der Waals surface area (Å²) in [6, 6.07) is 12.4. The molecule has 0 saturated carbocycles. The third kappa shape index (κ3) is 7.61. The van der Waals surface area contributed by atoms with E-state index in [1.165, 1.54) is 4.90 Å². The molecule has 7 nitrogen and oxygen atoms in total. The summed E-state index contributed by atoms with van der Waals surface area (Å²) in [7, 11) is -3.77. The number of anilines is 1. The number of rotatable bonds is 11. The molecule has 2 atom stereocenters. The average molecular weight is 529 g/mol. The van der Waals surface area contributed by atoms with Crippen LogP contribution in [0, 0.1) is 0 Å². The number of nitrogens with one attached hydrogen (secondary N) is 1. The van der Waals surface area contributed by atoms with E-state index in [1.807, 2.05) is 13.8 Å². The molecule has 0 aliphatic rings. The van der Waals surface area contributed by atoms with Crippen LogP contribution in [-0.4, -0.2) is 50.0 Å². The Balaban J connectivity index is 2.45. The van der Waals surface area contributed by atoms with Gasteiger partial charge in [-0.15, -0.1) is 0 Å². The number of hydrogen-bond acceptors (Lipinski definition) is 4. The molecule has 0 radical (unpaired) electrons. The van der Waals surface area contributed by atoms with Gasteiger partial charge in [-0.1, -0.05) is 61.3 Å². The van der Waals surface area contributed by atoms with Gasteiger partial charge in [-0.2, -0.15) is 0 Å². The van der Waals surface area contributed by atoms with Gasteiger partial charge in [-0.05, 0) is 49.6 Å². The summed E-state index contributed by atoms with van der Waals surface area (Å²) in [6.45, 7) is 5.20. The quantitative estimate of drug-likeness (QED) is 0.466. The summed E-state index contributed by atoms with van der Waals surface area (Å²) >= 11 is 12.4. The Labute approximate surface area is 212 Å². The maximum absolute atomic E-state index is 13.6. The van der Waals surface area contributed by atoms with E-state index in [-0.39, 0.29) is 18.5 Å². The number of carbonyl (C=O) groups is 2. The minimum atomic E-state index is -3.77. The molecule has 2 aromatic carbocycles. The second-order valence-electron chi connectivity index (χ2n) is 8.10. The van der Waals surface area contributed by atoms with Gasteiger partial charge in [0, 0.05) is 22.6 Å². The van der Waals surface area contributed by atoms with E-state index in [2.05, 4.69) is 5.32 Å². The Kier molecular flexibility index (Phi) is 10.2. The lowest BCUT2D eigenvalue weighted by Crippen LogP contribution is -2.53. The lowest BCUT2D eigenvalue weighted by Gasteiger charge is -2.33. The minimum absolute atomic E-state index is 0.0215. The van der Waals surface area contributed by atoms with Crippen molar-refractivity contribution in [2.24, 2.45) is 0 Å². The molecular weight excluding hydrogens is 497 g/mol. The van der Waals surface area contributed by atoms with Crippen LogP contribution in [0.3, 0.4) is 0 Å². The SMILES string of the molecule is CC[C@H](C)NC(=O)[C@H](CC)N(Cc1ccc(Cl)cc1Cl)C(=O)CN(c1ccccc1)S(C)(=O)=O. The Morgan fingerprint density at radius 3 is 2.21 bits per heavy atom. The molecule has 186 valence electrons. The van der Waals surface area contributed by atoms with Crippen molar-refractivity contribution in [2.75, 3.05) is 17.1 Å². The first kappa shape index (κ1) is 28.0. The van der Waals surface area contributed by atoms with Gasteiger partial charge in [0.25, 0.3) is 0 Å². The second-order valence-corrected chi connectivity index (χ2v) is 10.9. The lowest BCUT2D eigenvalue weighted by atomic mass is 10.1. The monoisotopic (exact) mass is 527 g/mol. The fourth-order valence-corrected chi connectivity index (χ4v) is 4.72. The molecule has 0 fully saturated rings. The molecule has 0 unspecified atom stereocenters. The fourth-order valence-electron chi connectivity index (χ4n) is 3.40. The molecule has 1 N–H and O–H groups in total. The molecule has 0 spiro atoms. The number of nitrogens with zero attached hydrogens (tertiary/aromatic N) is 2. The van der Waals surface area contributed by atoms with E-state index < -0.39 is 28.5 Å². The Morgan fingerprint density at radius 1 is 1.03 bits per heavy atom. The van der Waals surface area contributed by atoms with Crippen LogP contribution in [0.4, 0.5) is 5.69 Å². The molecule has 2 rings (SSSR count). The Bertz CT molecular complexity index is 1100. The molecule has 0 bridgehead atoms. The summed E-state index contributed by atoms with van der Waals surface area (Å²) in [4.78, 5) is 28.1. The van der Waals surface area contributed by atoms with Crippen molar-refractivity contribution in [3.63, 3.8) is 0 Å². The average Bonchev–Trinajstić information content (AvgIpc) is 2.78. The van der Waals surface area contributed by atoms with Gasteiger partial charge in [0.1, 0.15) is 12.6 Å². The highest BCUT2D eigenvalue weighted by molar-refractivity contribution is 7.92. The number of amides is 2. The van der Waals surface area contributed by atoms with Crippen LogP contribution in [0.1, 0.15) is 39.2 Å². The molecule has 2 amide bonds. The smallest absolute Gasteiger partial charge is 0.244 e. The third-order valence-corrected chi connectivity index (χ3v) is 7.19. The van der Waals surface area contributed by atoms with E-state index in [9.17, 15) is 18.0 Å². The van der Waals surface area contributed by atoms with Crippen LogP contribution in [0.2, 0.25) is 10.0 Å². The number of sulfonamides is 1. The largest absolute Gasteiger partial charge is 0.352 e. The second kappa shape index (κ2) is 12.4. The van der Waals surface area contributed by atoms with Crippen molar-refractivity contribution in [3.05, 3.63) is 64.1 Å². The summed E-state index contributed by atoms with van der Waals surface area (Å²) in [5.41, 5.74) is 0.958. The normalized spacial score (nSPS) is 13.1. The van der Waals surface area contributed by atoms with Crippen LogP contribution < -0.4 is 9.62 Å². The number of hydrogen-bond donors (Lipinski definition) is 1. The Hall–Kier alpha value is -2.29. The molecule has 0 aliphatic heterocycles. The summed E-state index contributed by atoms with van der Waals surface area (Å²) in [5.74, 6) is -0.827. The molecular formula is C24H31Cl2N3O4S. The predicted molar refractivity (Wildman–Crippen MR) is 138 cm³/mol. The van der Waals surface area contributed by atoms with E-state index in [0.29, 0.717) is 27.7 Å². The van der Waals surface area contributed by atoms with Crippen molar-refractivity contribution < 1.29 is 18.0 Å². The summed E-state index contributed by atoms with van der Waals surface area (Å²) < 4.78 is 26.1. The molecule has 0 heterocycles. The number of benzene rings is 2. The van der Waals surface area contributed by atoms with Gasteiger partial charge in [0.2, 0.25) is 21.8 Å². The zero-order chi connectivity index (χ0) is 25.5. The molecule has 10 heteroatoms. The summed E-state index contributed by atoms with van der Waals surface area (Å²) in [6.07, 6.45) is 2.11. The van der Waals surface area contributed by atoms with Crippen LogP contribution >= 0.6 is 23.2 Å². The van der Waals surface area contributed by atoms with Crippen molar-refractivity contribution in [2.45, 2.75) is 52.2 Å². The van der Waals surface area contributed by atoms with Gasteiger partial charge < -0.3 is 10.2 Å². The summed E-state index contributed by atoms with van der Waals surface area (Å²) in [5, 5.41) is 3.72. The topological polar surface area (TPSA) is 86.8 Å². The van der Waals surface area contributed by atoms with E-state index in [0.717, 1.165) is 17.0 Å². The number of halogens is 2. The molecule has 0 aromatic heterocycles. The number of para-hydroxylation sites is 1. The van der Waals surface area contributed by atoms with Gasteiger partial charge in [0.15, 0.2) is 0 Å². The first-order chi connectivity index (χ1) is 16.0. The highest BCUT2D eigenvalue weighted by Gasteiger charge is 2.32. The predicted octanol–water partition coefficient (Wildman–Crippen LogP) is 4.48. The van der Waals surface area contributed by atoms with Gasteiger partial charge in [-0.25, -0.2) is 8.42 Å². The van der Waals surface area contributed by atoms with Crippen LogP contribution in [-0.2, 0) is 26.2 Å². The van der Waals surface area contributed by atoms with Gasteiger partial charge >= 0.3 is 0 Å². The van der Waals surface area contributed by atoms with E-state index >= 15 is 0 Å². The van der Waals surface area contributed by atoms with Gasteiger partial charge in [-0.3, -0.25) is 13.9 Å². The first-order valence-electron chi connectivity index (χ1n) is 11.0. The molecule has 34 heavy (non-hydrogen) atoms.